The van der Waals surface area contributed by atoms with Gasteiger partial charge in [0.2, 0.25) is 0 Å². The standard InChI is InChI=1S/C16H30N2O/c17-14-4-6-15(7-5-14)19-11-10-18-12-16(13-18)8-2-1-3-9-16/h14-15H,1-13,17H2. The molecule has 0 radical (unpaired) electrons. The van der Waals surface area contributed by atoms with E-state index in [1.807, 2.05) is 0 Å². The molecule has 0 amide bonds. The van der Waals surface area contributed by atoms with E-state index in [4.69, 9.17) is 10.5 Å². The third-order valence-corrected chi connectivity index (χ3v) is 5.51. The van der Waals surface area contributed by atoms with Gasteiger partial charge in [-0.3, -0.25) is 4.90 Å². The second-order valence-corrected chi connectivity index (χ2v) is 7.18. The van der Waals surface area contributed by atoms with Crippen molar-refractivity contribution in [2.75, 3.05) is 26.2 Å². The number of nitrogens with zero attached hydrogens (tertiary/aromatic N) is 1. The zero-order chi connectivity index (χ0) is 13.1. The fraction of sp³-hybridized carbons (Fsp3) is 1.00. The van der Waals surface area contributed by atoms with Crippen molar-refractivity contribution in [1.82, 2.24) is 4.90 Å². The molecule has 0 aromatic heterocycles. The summed E-state index contributed by atoms with van der Waals surface area (Å²) in [5.74, 6) is 0. The molecule has 0 bridgehead atoms. The fourth-order valence-electron chi connectivity index (χ4n) is 4.28. The van der Waals surface area contributed by atoms with Crippen LogP contribution in [0.2, 0.25) is 0 Å². The van der Waals surface area contributed by atoms with E-state index < -0.39 is 0 Å². The van der Waals surface area contributed by atoms with Crippen molar-refractivity contribution < 1.29 is 4.74 Å². The highest BCUT2D eigenvalue weighted by molar-refractivity contribution is 4.96. The molecule has 1 spiro atoms. The van der Waals surface area contributed by atoms with Crippen LogP contribution in [0.15, 0.2) is 0 Å². The number of hydrogen-bond acceptors (Lipinski definition) is 3. The first-order valence-electron chi connectivity index (χ1n) is 8.35. The number of hydrogen-bond donors (Lipinski definition) is 1. The molecule has 2 saturated carbocycles. The average Bonchev–Trinajstić information content (AvgIpc) is 2.40. The van der Waals surface area contributed by atoms with Gasteiger partial charge >= 0.3 is 0 Å². The largest absolute Gasteiger partial charge is 0.377 e. The fourth-order valence-corrected chi connectivity index (χ4v) is 4.28. The van der Waals surface area contributed by atoms with Crippen molar-refractivity contribution in [2.45, 2.75) is 69.9 Å². The Kier molecular flexibility index (Phi) is 4.45. The molecule has 110 valence electrons. The van der Waals surface area contributed by atoms with Gasteiger partial charge in [0.15, 0.2) is 0 Å². The monoisotopic (exact) mass is 266 g/mol. The SMILES string of the molecule is NC1CCC(OCCN2CC3(CCCCC3)C2)CC1. The van der Waals surface area contributed by atoms with Crippen LogP contribution in [0.4, 0.5) is 0 Å². The maximum atomic E-state index is 6.02. The van der Waals surface area contributed by atoms with Crippen molar-refractivity contribution in [3.63, 3.8) is 0 Å². The van der Waals surface area contributed by atoms with Gasteiger partial charge in [-0.2, -0.15) is 0 Å². The van der Waals surface area contributed by atoms with Crippen molar-refractivity contribution in [1.29, 1.82) is 0 Å². The van der Waals surface area contributed by atoms with Crippen LogP contribution in [-0.4, -0.2) is 43.3 Å². The van der Waals surface area contributed by atoms with Crippen LogP contribution in [0.25, 0.3) is 0 Å². The molecule has 3 nitrogen and oxygen atoms in total. The lowest BCUT2D eigenvalue weighted by atomic mass is 9.69. The quantitative estimate of drug-likeness (QED) is 0.850. The van der Waals surface area contributed by atoms with Crippen LogP contribution in [0.1, 0.15) is 57.8 Å². The van der Waals surface area contributed by atoms with Gasteiger partial charge in [-0.15, -0.1) is 0 Å². The second-order valence-electron chi connectivity index (χ2n) is 7.18. The molecule has 3 heteroatoms. The van der Waals surface area contributed by atoms with Crippen molar-refractivity contribution >= 4 is 0 Å². The first-order valence-corrected chi connectivity index (χ1v) is 8.35. The Bertz CT molecular complexity index is 272. The maximum Gasteiger partial charge on any atom is 0.0597 e. The normalized spacial score (nSPS) is 35.2. The molecule has 0 atom stereocenters. The molecule has 1 heterocycles. The maximum absolute atomic E-state index is 6.02. The van der Waals surface area contributed by atoms with Gasteiger partial charge in [-0.05, 0) is 43.9 Å². The Balaban J connectivity index is 1.28. The lowest BCUT2D eigenvalue weighted by Crippen LogP contribution is -2.57. The number of nitrogens with two attached hydrogens (primary N) is 1. The molecule has 3 fully saturated rings. The average molecular weight is 266 g/mol. The number of ether oxygens (including phenoxy) is 1. The van der Waals surface area contributed by atoms with E-state index >= 15 is 0 Å². The first-order chi connectivity index (χ1) is 9.26. The van der Waals surface area contributed by atoms with E-state index in [9.17, 15) is 0 Å². The minimum Gasteiger partial charge on any atom is -0.377 e. The predicted octanol–water partition coefficient (Wildman–Crippen LogP) is 2.54. The summed E-state index contributed by atoms with van der Waals surface area (Å²) in [5, 5.41) is 0. The van der Waals surface area contributed by atoms with E-state index in [0.29, 0.717) is 12.1 Å². The summed E-state index contributed by atoms with van der Waals surface area (Å²) in [7, 11) is 0. The lowest BCUT2D eigenvalue weighted by molar-refractivity contribution is -0.0552. The Hall–Kier alpha value is -0.120. The molecular formula is C16H30N2O. The molecule has 0 aromatic rings. The first kappa shape index (κ1) is 13.8. The molecule has 2 N–H and O–H groups in total. The predicted molar refractivity (Wildman–Crippen MR) is 78.1 cm³/mol. The van der Waals surface area contributed by atoms with Crippen LogP contribution in [0.5, 0.6) is 0 Å². The molecule has 1 saturated heterocycles. The van der Waals surface area contributed by atoms with Gasteiger partial charge in [-0.1, -0.05) is 19.3 Å². The minimum atomic E-state index is 0.432. The van der Waals surface area contributed by atoms with E-state index in [0.717, 1.165) is 31.4 Å². The molecule has 0 unspecified atom stereocenters. The van der Waals surface area contributed by atoms with Gasteiger partial charge in [0, 0.05) is 25.7 Å². The van der Waals surface area contributed by atoms with Gasteiger partial charge in [0.25, 0.3) is 0 Å². The Labute approximate surface area is 117 Å². The third-order valence-electron chi connectivity index (χ3n) is 5.51. The van der Waals surface area contributed by atoms with Crippen LogP contribution in [-0.2, 0) is 4.74 Å². The summed E-state index contributed by atoms with van der Waals surface area (Å²) in [4.78, 5) is 2.60. The summed E-state index contributed by atoms with van der Waals surface area (Å²) in [6, 6.07) is 0.432. The summed E-state index contributed by atoms with van der Waals surface area (Å²) in [6.45, 7) is 4.75. The smallest absolute Gasteiger partial charge is 0.0597 e. The van der Waals surface area contributed by atoms with Crippen LogP contribution in [0.3, 0.4) is 0 Å². The Morgan fingerprint density at radius 3 is 2.37 bits per heavy atom. The second kappa shape index (κ2) is 6.11. The zero-order valence-corrected chi connectivity index (χ0v) is 12.3. The van der Waals surface area contributed by atoms with Crippen molar-refractivity contribution in [2.24, 2.45) is 11.1 Å². The highest BCUT2D eigenvalue weighted by Crippen LogP contribution is 2.43. The van der Waals surface area contributed by atoms with E-state index in [1.54, 1.807) is 0 Å². The molecule has 19 heavy (non-hydrogen) atoms. The van der Waals surface area contributed by atoms with Crippen LogP contribution < -0.4 is 5.73 Å². The molecule has 1 aliphatic heterocycles. The zero-order valence-electron chi connectivity index (χ0n) is 12.3. The van der Waals surface area contributed by atoms with E-state index in [-0.39, 0.29) is 0 Å². The summed E-state index contributed by atoms with van der Waals surface area (Å²) < 4.78 is 6.02. The molecule has 3 rings (SSSR count). The molecular weight excluding hydrogens is 236 g/mol. The highest BCUT2D eigenvalue weighted by atomic mass is 16.5. The van der Waals surface area contributed by atoms with Crippen LogP contribution in [0, 0.1) is 5.41 Å². The van der Waals surface area contributed by atoms with Gasteiger partial charge in [0.05, 0.1) is 12.7 Å². The number of likely N-dealkylation sites (tertiary alicyclic amines) is 1. The summed E-state index contributed by atoms with van der Waals surface area (Å²) in [5.41, 5.74) is 6.64. The Morgan fingerprint density at radius 1 is 1.00 bits per heavy atom. The minimum absolute atomic E-state index is 0.432. The van der Waals surface area contributed by atoms with Crippen LogP contribution >= 0.6 is 0 Å². The Morgan fingerprint density at radius 2 is 1.68 bits per heavy atom. The van der Waals surface area contributed by atoms with Gasteiger partial charge in [0.1, 0.15) is 0 Å². The van der Waals surface area contributed by atoms with Crippen molar-refractivity contribution in [3.05, 3.63) is 0 Å². The lowest BCUT2D eigenvalue weighted by Gasteiger charge is -2.52. The van der Waals surface area contributed by atoms with Gasteiger partial charge in [-0.25, -0.2) is 0 Å². The van der Waals surface area contributed by atoms with Gasteiger partial charge < -0.3 is 10.5 Å². The molecule has 2 aliphatic carbocycles. The summed E-state index contributed by atoms with van der Waals surface area (Å²) in [6.07, 6.45) is 12.5. The summed E-state index contributed by atoms with van der Waals surface area (Å²) >= 11 is 0. The van der Waals surface area contributed by atoms with E-state index in [1.165, 1.54) is 58.0 Å². The highest BCUT2D eigenvalue weighted by Gasteiger charge is 2.42. The van der Waals surface area contributed by atoms with E-state index in [2.05, 4.69) is 4.90 Å². The third kappa shape index (κ3) is 3.50. The topological polar surface area (TPSA) is 38.5 Å². The number of rotatable bonds is 4. The van der Waals surface area contributed by atoms with Crippen molar-refractivity contribution in [3.8, 4) is 0 Å². The molecule has 0 aromatic carbocycles. The molecule has 3 aliphatic rings.